The number of hydrogen-bond donors (Lipinski definition) is 3. The molecule has 0 fully saturated rings. The molecule has 0 aliphatic heterocycles. The van der Waals surface area contributed by atoms with Crippen LogP contribution in [0.5, 0.6) is 0 Å². The van der Waals surface area contributed by atoms with Crippen molar-refractivity contribution in [3.63, 3.8) is 0 Å². The molecule has 0 spiro atoms. The minimum absolute atomic E-state index is 0. The Labute approximate surface area is 93.4 Å². The Morgan fingerprint density at radius 2 is 1.00 bits per heavy atom. The number of hydrogen-bond acceptors (Lipinski definition) is 3. The van der Waals surface area contributed by atoms with Gasteiger partial charge in [0.05, 0.1) is 0 Å². The SMILES string of the molecule is OB(O)O.[Cd].[SrH2]. The van der Waals surface area contributed by atoms with Gasteiger partial charge in [0, 0.05) is 27.3 Å². The van der Waals surface area contributed by atoms with Crippen LogP contribution in [0.15, 0.2) is 0 Å². The van der Waals surface area contributed by atoms with Crippen LogP contribution in [0.1, 0.15) is 0 Å². The van der Waals surface area contributed by atoms with E-state index in [4.69, 9.17) is 15.1 Å². The molecule has 0 aromatic heterocycles. The van der Waals surface area contributed by atoms with Crippen LogP contribution in [-0.4, -0.2) is 67.9 Å². The first-order valence-electron chi connectivity index (χ1n) is 0.775. The van der Waals surface area contributed by atoms with E-state index >= 15 is 0 Å². The second-order valence-corrected chi connectivity index (χ2v) is 0.346. The van der Waals surface area contributed by atoms with Crippen molar-refractivity contribution in [1.82, 2.24) is 0 Å². The first kappa shape index (κ1) is 15.8. The molecule has 3 nitrogen and oxygen atoms in total. The average Bonchev–Trinajstić information content (AvgIpc) is 0.811. The van der Waals surface area contributed by atoms with E-state index in [0.29, 0.717) is 0 Å². The third-order valence-corrected chi connectivity index (χ3v) is 0. The van der Waals surface area contributed by atoms with Crippen molar-refractivity contribution in [2.24, 2.45) is 0 Å². The Morgan fingerprint density at radius 1 is 1.00 bits per heavy atom. The summed E-state index contributed by atoms with van der Waals surface area (Å²) in [6, 6.07) is 0. The van der Waals surface area contributed by atoms with Gasteiger partial charge in [-0.1, -0.05) is 0 Å². The van der Waals surface area contributed by atoms with E-state index in [-0.39, 0.29) is 72.8 Å². The summed E-state index contributed by atoms with van der Waals surface area (Å²) in [5.74, 6) is 0. The first-order chi connectivity index (χ1) is 1.73. The van der Waals surface area contributed by atoms with E-state index < -0.39 is 7.32 Å². The molecule has 0 saturated carbocycles. The van der Waals surface area contributed by atoms with Crippen LogP contribution in [0.3, 0.4) is 0 Å². The van der Waals surface area contributed by atoms with E-state index in [2.05, 4.69) is 0 Å². The van der Waals surface area contributed by atoms with Crippen molar-refractivity contribution < 1.29 is 42.4 Å². The number of rotatable bonds is 0. The van der Waals surface area contributed by atoms with Gasteiger partial charge in [-0.25, -0.2) is 0 Å². The van der Waals surface area contributed by atoms with Crippen LogP contribution in [0.2, 0.25) is 0 Å². The molecule has 0 rings (SSSR count). The van der Waals surface area contributed by atoms with Crippen LogP contribution >= 0.6 is 0 Å². The summed E-state index contributed by atoms with van der Waals surface area (Å²) >= 11 is 0. The summed E-state index contributed by atoms with van der Waals surface area (Å²) in [4.78, 5) is 0. The second-order valence-electron chi connectivity index (χ2n) is 0.346. The van der Waals surface area contributed by atoms with Crippen LogP contribution in [-0.2, 0) is 27.3 Å². The first-order valence-corrected chi connectivity index (χ1v) is 0.775. The summed E-state index contributed by atoms with van der Waals surface area (Å²) in [6.07, 6.45) is 0. The summed E-state index contributed by atoms with van der Waals surface area (Å²) in [7, 11) is -2.17. The zero-order chi connectivity index (χ0) is 3.58. The van der Waals surface area contributed by atoms with Gasteiger partial charge in [-0.15, -0.1) is 0 Å². The van der Waals surface area contributed by atoms with Crippen molar-refractivity contribution in [3.05, 3.63) is 0 Å². The molecule has 6 heteroatoms. The summed E-state index contributed by atoms with van der Waals surface area (Å²) in [5, 5.41) is 21.5. The Hall–Kier alpha value is 2.35. The predicted octanol–water partition coefficient (Wildman–Crippen LogP) is -2.97. The zero-order valence-corrected chi connectivity index (χ0v) is 6.66. The molecule has 0 radical (unpaired) electrons. The maximum atomic E-state index is 7.17. The van der Waals surface area contributed by atoms with E-state index in [1.807, 2.05) is 0 Å². The van der Waals surface area contributed by atoms with Gasteiger partial charge >= 0.3 is 52.8 Å². The van der Waals surface area contributed by atoms with Gasteiger partial charge in [0.1, 0.15) is 0 Å². The summed E-state index contributed by atoms with van der Waals surface area (Å²) in [5.41, 5.74) is 0. The zero-order valence-electron chi connectivity index (χ0n) is 2.63. The van der Waals surface area contributed by atoms with E-state index in [9.17, 15) is 0 Å². The van der Waals surface area contributed by atoms with Gasteiger partial charge in [0.15, 0.2) is 0 Å². The van der Waals surface area contributed by atoms with Crippen molar-refractivity contribution in [2.45, 2.75) is 0 Å². The Morgan fingerprint density at radius 3 is 1.00 bits per heavy atom. The second kappa shape index (κ2) is 10.4. The molecule has 0 aromatic carbocycles. The molecule has 3 N–H and O–H groups in total. The van der Waals surface area contributed by atoms with Gasteiger partial charge in [-0.3, -0.25) is 0 Å². The molecular formula is H5BCdO3Sr. The van der Waals surface area contributed by atoms with E-state index in [1.165, 1.54) is 0 Å². The summed E-state index contributed by atoms with van der Waals surface area (Å²) < 4.78 is 0. The molecule has 30 valence electrons. The van der Waals surface area contributed by atoms with E-state index in [0.717, 1.165) is 0 Å². The van der Waals surface area contributed by atoms with E-state index in [1.54, 1.807) is 0 Å². The fourth-order valence-electron chi connectivity index (χ4n) is 0. The van der Waals surface area contributed by atoms with Crippen molar-refractivity contribution in [1.29, 1.82) is 0 Å². The molecule has 0 aromatic rings. The maximum absolute atomic E-state index is 7.17. The van der Waals surface area contributed by atoms with Crippen LogP contribution in [0, 0.1) is 0 Å². The quantitative estimate of drug-likeness (QED) is 0.409. The molecule has 0 heterocycles. The Bertz CT molecular complexity index is 15.5. The minimum atomic E-state index is -2.17. The van der Waals surface area contributed by atoms with Crippen LogP contribution in [0.25, 0.3) is 0 Å². The third-order valence-electron chi connectivity index (χ3n) is 0. The third kappa shape index (κ3) is 32.9. The Kier molecular flexibility index (Phi) is 27.2. The summed E-state index contributed by atoms with van der Waals surface area (Å²) in [6.45, 7) is 0. The van der Waals surface area contributed by atoms with Crippen molar-refractivity contribution >= 4 is 52.8 Å². The molecule has 0 unspecified atom stereocenters. The molecule has 0 aliphatic carbocycles. The normalized spacial score (nSPS) is 4.50. The van der Waals surface area contributed by atoms with Gasteiger partial charge in [-0.2, -0.15) is 0 Å². The molecule has 0 amide bonds. The van der Waals surface area contributed by atoms with Crippen LogP contribution < -0.4 is 0 Å². The monoisotopic (exact) mass is 266 g/mol. The molecule has 6 heavy (non-hydrogen) atoms. The van der Waals surface area contributed by atoms with Crippen LogP contribution in [0.4, 0.5) is 0 Å². The average molecular weight is 264 g/mol. The molecule has 0 atom stereocenters. The fraction of sp³-hybridized carbons (Fsp3) is 0. The fourth-order valence-corrected chi connectivity index (χ4v) is 0. The standard InChI is InChI=1S/BH3O3.Cd.Sr.2H/c2-1(3)4;;;;/h2-4H;;;;. The molecule has 0 saturated heterocycles. The van der Waals surface area contributed by atoms with Gasteiger partial charge in [0.2, 0.25) is 0 Å². The predicted molar refractivity (Wildman–Crippen MR) is 21.0 cm³/mol. The topological polar surface area (TPSA) is 60.7 Å². The van der Waals surface area contributed by atoms with Crippen molar-refractivity contribution in [3.8, 4) is 0 Å². The molecule has 0 bridgehead atoms. The van der Waals surface area contributed by atoms with Crippen molar-refractivity contribution in [2.75, 3.05) is 0 Å². The molecular weight excluding hydrogens is 259 g/mol. The van der Waals surface area contributed by atoms with Gasteiger partial charge < -0.3 is 15.1 Å². The molecule has 0 aliphatic rings. The van der Waals surface area contributed by atoms with Gasteiger partial charge in [-0.05, 0) is 0 Å². The van der Waals surface area contributed by atoms with Gasteiger partial charge in [0.25, 0.3) is 0 Å². The Balaban J connectivity index is -0.0000000450.